The second-order valence-corrected chi connectivity index (χ2v) is 9.07. The van der Waals surface area contributed by atoms with E-state index in [1.807, 2.05) is 6.08 Å². The Kier molecular flexibility index (Phi) is 4.40. The van der Waals surface area contributed by atoms with Gasteiger partial charge in [0.05, 0.1) is 21.4 Å². The number of rotatable bonds is 4. The topological polar surface area (TPSA) is 69.8 Å². The molecular weight excluding hydrogens is 395 g/mol. The fraction of sp³-hybridized carbons (Fsp3) is 0.429. The second-order valence-electron chi connectivity index (χ2n) is 8.25. The molecule has 3 aliphatic carbocycles. The molecule has 3 N–H and O–H groups in total. The zero-order valence-corrected chi connectivity index (χ0v) is 17.0. The van der Waals surface area contributed by atoms with Crippen LogP contribution in [-0.4, -0.2) is 21.9 Å². The highest BCUT2D eigenvalue weighted by Gasteiger charge is 2.48. The van der Waals surface area contributed by atoms with E-state index in [1.54, 1.807) is 18.2 Å². The van der Waals surface area contributed by atoms with E-state index in [0.29, 0.717) is 39.6 Å². The lowest BCUT2D eigenvalue weighted by Gasteiger charge is -2.16. The normalized spacial score (nSPS) is 21.9. The predicted octanol–water partition coefficient (Wildman–Crippen LogP) is 5.24. The molecule has 0 saturated heterocycles. The maximum atomic E-state index is 12.7. The van der Waals surface area contributed by atoms with Crippen LogP contribution in [0.1, 0.15) is 49.9 Å². The molecule has 1 amide bonds. The highest BCUT2D eigenvalue weighted by Crippen LogP contribution is 2.57. The Hall–Kier alpha value is -1.98. The number of hydrogen-bond donors (Lipinski definition) is 3. The van der Waals surface area contributed by atoms with Crippen molar-refractivity contribution in [3.05, 3.63) is 45.2 Å². The molecule has 1 atom stereocenters. The first-order chi connectivity index (χ1) is 13.5. The van der Waals surface area contributed by atoms with Crippen molar-refractivity contribution in [3.63, 3.8) is 0 Å². The van der Waals surface area contributed by atoms with Gasteiger partial charge in [0.25, 0.3) is 0 Å². The van der Waals surface area contributed by atoms with Crippen LogP contribution in [0.2, 0.25) is 10.0 Å². The van der Waals surface area contributed by atoms with Gasteiger partial charge in [-0.1, -0.05) is 29.3 Å². The molecule has 28 heavy (non-hydrogen) atoms. The Balaban J connectivity index is 1.30. The molecule has 7 heteroatoms. The van der Waals surface area contributed by atoms with Crippen molar-refractivity contribution in [3.8, 4) is 0 Å². The zero-order chi connectivity index (χ0) is 19.3. The number of fused-ring (bicyclic) bond motifs is 1. The fourth-order valence-electron chi connectivity index (χ4n) is 4.44. The minimum absolute atomic E-state index is 0.0556. The summed E-state index contributed by atoms with van der Waals surface area (Å²) < 4.78 is 0. The molecule has 5 rings (SSSR count). The van der Waals surface area contributed by atoms with Crippen molar-refractivity contribution in [1.29, 1.82) is 0 Å². The minimum atomic E-state index is 0.0556. The number of aromatic nitrogens is 2. The summed E-state index contributed by atoms with van der Waals surface area (Å²) in [6, 6.07) is 5.67. The molecule has 1 spiro atoms. The zero-order valence-electron chi connectivity index (χ0n) is 15.4. The number of hydrogen-bond acceptors (Lipinski definition) is 3. The summed E-state index contributed by atoms with van der Waals surface area (Å²) in [5.74, 6) is 0.629. The molecule has 5 nitrogen and oxygen atoms in total. The van der Waals surface area contributed by atoms with E-state index >= 15 is 0 Å². The second kappa shape index (κ2) is 6.82. The Labute approximate surface area is 173 Å². The van der Waals surface area contributed by atoms with Gasteiger partial charge in [-0.15, -0.1) is 0 Å². The molecule has 0 bridgehead atoms. The lowest BCUT2D eigenvalue weighted by Crippen LogP contribution is -2.34. The largest absolute Gasteiger partial charge is 0.350 e. The fourth-order valence-corrected chi connectivity index (χ4v) is 4.93. The first kappa shape index (κ1) is 18.1. The summed E-state index contributed by atoms with van der Waals surface area (Å²) in [5.41, 5.74) is 3.80. The Morgan fingerprint density at radius 1 is 1.18 bits per heavy atom. The van der Waals surface area contributed by atoms with Gasteiger partial charge in [-0.2, -0.15) is 0 Å². The van der Waals surface area contributed by atoms with E-state index in [9.17, 15) is 4.79 Å². The van der Waals surface area contributed by atoms with Crippen molar-refractivity contribution in [2.75, 3.05) is 5.32 Å². The van der Waals surface area contributed by atoms with Gasteiger partial charge in [0.15, 0.2) is 0 Å². The maximum absolute atomic E-state index is 12.7. The van der Waals surface area contributed by atoms with Gasteiger partial charge in [0, 0.05) is 17.3 Å². The van der Waals surface area contributed by atoms with Crippen molar-refractivity contribution < 1.29 is 4.79 Å². The van der Waals surface area contributed by atoms with Crippen LogP contribution in [0.3, 0.4) is 0 Å². The molecule has 3 aliphatic rings. The van der Waals surface area contributed by atoms with Crippen LogP contribution >= 0.6 is 23.2 Å². The number of anilines is 2. The van der Waals surface area contributed by atoms with E-state index in [1.165, 1.54) is 19.3 Å². The van der Waals surface area contributed by atoms with Crippen molar-refractivity contribution in [1.82, 2.24) is 15.3 Å². The van der Waals surface area contributed by atoms with Crippen LogP contribution < -0.4 is 10.6 Å². The van der Waals surface area contributed by atoms with Gasteiger partial charge in [0.2, 0.25) is 11.9 Å². The van der Waals surface area contributed by atoms with Crippen LogP contribution in [0.4, 0.5) is 11.6 Å². The molecule has 146 valence electrons. The summed E-state index contributed by atoms with van der Waals surface area (Å²) in [4.78, 5) is 20.6. The number of H-pyrrole nitrogens is 1. The van der Waals surface area contributed by atoms with E-state index < -0.39 is 0 Å². The molecule has 2 saturated carbocycles. The maximum Gasteiger partial charge on any atom is 0.247 e. The Morgan fingerprint density at radius 2 is 1.96 bits per heavy atom. The highest BCUT2D eigenvalue weighted by molar-refractivity contribution is 6.39. The minimum Gasteiger partial charge on any atom is -0.350 e. The van der Waals surface area contributed by atoms with Gasteiger partial charge in [-0.25, -0.2) is 4.98 Å². The molecule has 0 aliphatic heterocycles. The van der Waals surface area contributed by atoms with Gasteiger partial charge in [-0.3, -0.25) is 4.79 Å². The number of nitrogens with one attached hydrogen (secondary N) is 3. The summed E-state index contributed by atoms with van der Waals surface area (Å²) in [5, 5.41) is 7.46. The first-order valence-electron chi connectivity index (χ1n) is 9.83. The molecule has 2 aromatic rings. The number of aryl methyl sites for hydroxylation is 1. The number of para-hydroxylation sites is 1. The molecule has 1 aromatic heterocycles. The van der Waals surface area contributed by atoms with E-state index in [4.69, 9.17) is 23.2 Å². The Bertz CT molecular complexity index is 957. The summed E-state index contributed by atoms with van der Waals surface area (Å²) >= 11 is 12.4. The average molecular weight is 417 g/mol. The first-order valence-corrected chi connectivity index (χ1v) is 10.6. The lowest BCUT2D eigenvalue weighted by molar-refractivity contribution is -0.118. The number of carbonyl (C=O) groups excluding carboxylic acids is 1. The number of amides is 1. The predicted molar refractivity (Wildman–Crippen MR) is 112 cm³/mol. The molecular formula is C21H22Cl2N4O. The summed E-state index contributed by atoms with van der Waals surface area (Å²) in [6.45, 7) is 0. The monoisotopic (exact) mass is 416 g/mol. The number of imidazole rings is 1. The van der Waals surface area contributed by atoms with E-state index in [2.05, 4.69) is 20.6 Å². The third-order valence-corrected chi connectivity index (χ3v) is 6.89. The highest BCUT2D eigenvalue weighted by atomic mass is 35.5. The smallest absolute Gasteiger partial charge is 0.247 e. The van der Waals surface area contributed by atoms with Crippen LogP contribution in [-0.2, 0) is 11.2 Å². The van der Waals surface area contributed by atoms with Gasteiger partial charge < -0.3 is 15.6 Å². The SMILES string of the molecule is O=C(NC1CCC2(CC2)C1)C1=Cc2nc(Nc3c(Cl)cccc3Cl)[nH]c2CC1. The number of aromatic amines is 1. The third kappa shape index (κ3) is 3.42. The van der Waals surface area contributed by atoms with Crippen LogP contribution in [0.5, 0.6) is 0 Å². The quantitative estimate of drug-likeness (QED) is 0.637. The van der Waals surface area contributed by atoms with Gasteiger partial charge in [0.1, 0.15) is 0 Å². The standard InChI is InChI=1S/C21H22Cl2N4O/c22-14-2-1-3-15(23)18(14)27-20-25-16-5-4-12(10-17(16)26-20)19(28)24-13-6-7-21(11-13)8-9-21/h1-3,10,13H,4-9,11H2,(H,24,28)(H2,25,26,27). The summed E-state index contributed by atoms with van der Waals surface area (Å²) in [7, 11) is 0. The van der Waals surface area contributed by atoms with Crippen LogP contribution in [0.15, 0.2) is 23.8 Å². The van der Waals surface area contributed by atoms with Crippen molar-refractivity contribution in [2.45, 2.75) is 51.0 Å². The van der Waals surface area contributed by atoms with Gasteiger partial charge in [-0.05, 0) is 68.6 Å². The van der Waals surface area contributed by atoms with Gasteiger partial charge >= 0.3 is 0 Å². The molecule has 1 heterocycles. The number of carbonyl (C=O) groups is 1. The molecule has 1 aromatic carbocycles. The van der Waals surface area contributed by atoms with Crippen molar-refractivity contribution in [2.24, 2.45) is 5.41 Å². The molecule has 0 radical (unpaired) electrons. The third-order valence-electron chi connectivity index (χ3n) is 6.26. The number of benzene rings is 1. The Morgan fingerprint density at radius 3 is 2.68 bits per heavy atom. The van der Waals surface area contributed by atoms with E-state index in [0.717, 1.165) is 36.2 Å². The van der Waals surface area contributed by atoms with Crippen LogP contribution in [0, 0.1) is 5.41 Å². The number of nitrogens with zero attached hydrogens (tertiary/aromatic N) is 1. The molecule has 1 unspecified atom stereocenters. The van der Waals surface area contributed by atoms with Crippen molar-refractivity contribution >= 4 is 46.8 Å². The van der Waals surface area contributed by atoms with E-state index in [-0.39, 0.29) is 5.91 Å². The lowest BCUT2D eigenvalue weighted by atomic mass is 9.99. The summed E-state index contributed by atoms with van der Waals surface area (Å²) in [6.07, 6.45) is 9.56. The number of halogens is 2. The van der Waals surface area contributed by atoms with Crippen LogP contribution in [0.25, 0.3) is 6.08 Å². The molecule has 2 fully saturated rings. The average Bonchev–Trinajstić information content (AvgIpc) is 3.12.